The monoisotopic (exact) mass is 348 g/mol. The van der Waals surface area contributed by atoms with Crippen LogP contribution >= 0.6 is 11.8 Å². The molecule has 0 N–H and O–H groups in total. The molecule has 1 atom stereocenters. The molecule has 0 saturated heterocycles. The first-order chi connectivity index (χ1) is 11.6. The Bertz CT molecular complexity index is 576. The number of ketones is 1. The number of rotatable bonds is 10. The van der Waals surface area contributed by atoms with Crippen LogP contribution in [0.5, 0.6) is 5.75 Å². The van der Waals surface area contributed by atoms with E-state index in [1.807, 2.05) is 36.6 Å². The first-order valence-electron chi connectivity index (χ1n) is 7.82. The van der Waals surface area contributed by atoms with E-state index < -0.39 is 0 Å². The number of benzene rings is 1. The van der Waals surface area contributed by atoms with Crippen LogP contribution < -0.4 is 4.74 Å². The molecule has 0 fully saturated rings. The molecular formula is C19H24O4S. The zero-order valence-corrected chi connectivity index (χ0v) is 15.2. The van der Waals surface area contributed by atoms with Gasteiger partial charge in [-0.25, -0.2) is 4.79 Å². The van der Waals surface area contributed by atoms with Crippen molar-refractivity contribution in [2.24, 2.45) is 5.92 Å². The highest BCUT2D eigenvalue weighted by Crippen LogP contribution is 2.22. The van der Waals surface area contributed by atoms with Gasteiger partial charge in [-0.05, 0) is 55.0 Å². The summed E-state index contributed by atoms with van der Waals surface area (Å²) in [4.78, 5) is 24.0. The predicted molar refractivity (Wildman–Crippen MR) is 97.2 cm³/mol. The quantitative estimate of drug-likeness (QED) is 0.271. The van der Waals surface area contributed by atoms with Crippen LogP contribution in [0.4, 0.5) is 0 Å². The van der Waals surface area contributed by atoms with Gasteiger partial charge in [0.05, 0.1) is 14.2 Å². The van der Waals surface area contributed by atoms with Gasteiger partial charge >= 0.3 is 5.97 Å². The van der Waals surface area contributed by atoms with Crippen LogP contribution in [-0.4, -0.2) is 26.0 Å². The molecule has 0 aliphatic carbocycles. The third kappa shape index (κ3) is 8.02. The minimum atomic E-state index is -0.349. The molecule has 0 aliphatic heterocycles. The zero-order valence-electron chi connectivity index (χ0n) is 14.4. The summed E-state index contributed by atoms with van der Waals surface area (Å²) in [6.45, 7) is 1.93. The topological polar surface area (TPSA) is 52.6 Å². The van der Waals surface area contributed by atoms with E-state index in [9.17, 15) is 9.59 Å². The van der Waals surface area contributed by atoms with Crippen molar-refractivity contribution in [1.29, 1.82) is 0 Å². The van der Waals surface area contributed by atoms with Crippen molar-refractivity contribution >= 4 is 23.5 Å². The number of hydrogen-bond acceptors (Lipinski definition) is 5. The summed E-state index contributed by atoms with van der Waals surface area (Å²) in [7, 11) is 2.98. The van der Waals surface area contributed by atoms with Crippen LogP contribution in [-0.2, 0) is 14.3 Å². The van der Waals surface area contributed by atoms with Crippen LogP contribution in [0.25, 0.3) is 0 Å². The maximum absolute atomic E-state index is 12.0. The highest BCUT2D eigenvalue weighted by Gasteiger charge is 2.08. The average Bonchev–Trinajstić information content (AvgIpc) is 2.61. The maximum atomic E-state index is 12.0. The van der Waals surface area contributed by atoms with Gasteiger partial charge in [0.1, 0.15) is 5.75 Å². The fraction of sp³-hybridized carbons (Fsp3) is 0.368. The van der Waals surface area contributed by atoms with E-state index in [1.165, 1.54) is 24.9 Å². The van der Waals surface area contributed by atoms with E-state index in [4.69, 9.17) is 4.74 Å². The number of unbranched alkanes of at least 4 members (excludes halogenated alkanes) is 1. The fourth-order valence-electron chi connectivity index (χ4n) is 1.93. The Hall–Kier alpha value is -2.01. The Balaban J connectivity index is 2.29. The highest BCUT2D eigenvalue weighted by atomic mass is 32.2. The number of ether oxygens (including phenoxy) is 2. The third-order valence-electron chi connectivity index (χ3n) is 3.44. The molecular weight excluding hydrogens is 324 g/mol. The number of allylic oxidation sites excluding steroid dienone is 2. The summed E-state index contributed by atoms with van der Waals surface area (Å²) in [5, 5.41) is 1.82. The lowest BCUT2D eigenvalue weighted by Gasteiger charge is -2.06. The molecule has 0 amide bonds. The van der Waals surface area contributed by atoms with Crippen molar-refractivity contribution < 1.29 is 19.1 Å². The Morgan fingerprint density at radius 1 is 1.17 bits per heavy atom. The standard InChI is InChI=1S/C19H24O4S/c1-15(7-5-4-6-8-19(21)23-3)18(20)13-14-24-17-11-9-16(22-2)10-12-17/h6,8-15H,4-5,7H2,1-3H3/b8-6+,14-13-. The lowest BCUT2D eigenvalue weighted by molar-refractivity contribution is -0.134. The first-order valence-corrected chi connectivity index (χ1v) is 8.70. The minimum absolute atomic E-state index is 0.0238. The lowest BCUT2D eigenvalue weighted by Crippen LogP contribution is -2.07. The highest BCUT2D eigenvalue weighted by molar-refractivity contribution is 8.02. The van der Waals surface area contributed by atoms with Crippen molar-refractivity contribution in [1.82, 2.24) is 0 Å². The Kier molecular flexibility index (Phi) is 9.61. The van der Waals surface area contributed by atoms with Crippen LogP contribution in [0.1, 0.15) is 26.2 Å². The normalized spacial score (nSPS) is 12.5. The summed E-state index contributed by atoms with van der Waals surface area (Å²) < 4.78 is 9.62. The SMILES string of the molecule is COC(=O)/C=C/CCCC(C)C(=O)/C=C\Sc1ccc(OC)cc1. The van der Waals surface area contributed by atoms with Crippen molar-refractivity contribution in [2.45, 2.75) is 31.1 Å². The molecule has 0 spiro atoms. The van der Waals surface area contributed by atoms with E-state index >= 15 is 0 Å². The van der Waals surface area contributed by atoms with Gasteiger partial charge in [0.25, 0.3) is 0 Å². The number of carbonyl (C=O) groups excluding carboxylic acids is 2. The number of carbonyl (C=O) groups is 2. The summed E-state index contributed by atoms with van der Waals surface area (Å²) in [5.74, 6) is 0.559. The largest absolute Gasteiger partial charge is 0.497 e. The molecule has 1 aromatic rings. The van der Waals surface area contributed by atoms with Gasteiger partial charge in [-0.1, -0.05) is 24.8 Å². The first kappa shape index (κ1) is 20.0. The third-order valence-corrected chi connectivity index (χ3v) is 4.26. The fourth-order valence-corrected chi connectivity index (χ4v) is 2.58. The Morgan fingerprint density at radius 3 is 2.50 bits per heavy atom. The van der Waals surface area contributed by atoms with E-state index in [2.05, 4.69) is 4.74 Å². The van der Waals surface area contributed by atoms with E-state index in [-0.39, 0.29) is 17.7 Å². The molecule has 24 heavy (non-hydrogen) atoms. The molecule has 1 aromatic carbocycles. The summed E-state index contributed by atoms with van der Waals surface area (Å²) in [5.41, 5.74) is 0. The van der Waals surface area contributed by atoms with E-state index in [1.54, 1.807) is 19.3 Å². The van der Waals surface area contributed by atoms with Crippen LogP contribution in [0.3, 0.4) is 0 Å². The zero-order chi connectivity index (χ0) is 17.8. The van der Waals surface area contributed by atoms with E-state index in [0.29, 0.717) is 0 Å². The molecule has 130 valence electrons. The molecule has 1 rings (SSSR count). The van der Waals surface area contributed by atoms with Crippen LogP contribution in [0.2, 0.25) is 0 Å². The number of esters is 1. The van der Waals surface area contributed by atoms with Gasteiger partial charge in [0, 0.05) is 16.9 Å². The van der Waals surface area contributed by atoms with Crippen molar-refractivity contribution in [3.63, 3.8) is 0 Å². The Morgan fingerprint density at radius 2 is 1.88 bits per heavy atom. The summed E-state index contributed by atoms with van der Waals surface area (Å²) in [6, 6.07) is 7.69. The minimum Gasteiger partial charge on any atom is -0.497 e. The molecule has 0 radical (unpaired) electrons. The van der Waals surface area contributed by atoms with Crippen molar-refractivity contribution in [2.75, 3.05) is 14.2 Å². The van der Waals surface area contributed by atoms with Crippen LogP contribution in [0.15, 0.2) is 52.8 Å². The van der Waals surface area contributed by atoms with Gasteiger partial charge in [0.2, 0.25) is 0 Å². The molecule has 0 saturated carbocycles. The number of thioether (sulfide) groups is 1. The van der Waals surface area contributed by atoms with E-state index in [0.717, 1.165) is 29.9 Å². The second-order valence-electron chi connectivity index (χ2n) is 5.26. The molecule has 1 unspecified atom stereocenters. The van der Waals surface area contributed by atoms with Gasteiger partial charge in [0.15, 0.2) is 5.78 Å². The molecule has 5 heteroatoms. The number of methoxy groups -OCH3 is 2. The van der Waals surface area contributed by atoms with Crippen molar-refractivity contribution in [3.8, 4) is 5.75 Å². The van der Waals surface area contributed by atoms with Gasteiger partial charge < -0.3 is 9.47 Å². The Labute approximate surface area is 147 Å². The average molecular weight is 348 g/mol. The second-order valence-corrected chi connectivity index (χ2v) is 6.24. The molecule has 4 nitrogen and oxygen atoms in total. The maximum Gasteiger partial charge on any atom is 0.330 e. The predicted octanol–water partition coefficient (Wildman–Crippen LogP) is 4.41. The van der Waals surface area contributed by atoms with Gasteiger partial charge in [-0.3, -0.25) is 4.79 Å². The summed E-state index contributed by atoms with van der Waals surface area (Å²) >= 11 is 1.50. The number of hydrogen-bond donors (Lipinski definition) is 0. The lowest BCUT2D eigenvalue weighted by atomic mass is 9.99. The van der Waals surface area contributed by atoms with Gasteiger partial charge in [-0.15, -0.1) is 0 Å². The van der Waals surface area contributed by atoms with Crippen molar-refractivity contribution in [3.05, 3.63) is 47.9 Å². The molecule has 0 bridgehead atoms. The molecule has 0 aliphatic rings. The molecule has 0 heterocycles. The van der Waals surface area contributed by atoms with Crippen LogP contribution in [0, 0.1) is 5.92 Å². The second kappa shape index (κ2) is 11.5. The summed E-state index contributed by atoms with van der Waals surface area (Å²) in [6.07, 6.45) is 7.24. The molecule has 0 aromatic heterocycles. The smallest absolute Gasteiger partial charge is 0.330 e. The van der Waals surface area contributed by atoms with Gasteiger partial charge in [-0.2, -0.15) is 0 Å².